The van der Waals surface area contributed by atoms with Gasteiger partial charge in [0, 0.05) is 15.7 Å². The fourth-order valence-corrected chi connectivity index (χ4v) is 3.59. The Bertz CT molecular complexity index is 1050. The Balaban J connectivity index is 1.80. The highest BCUT2D eigenvalue weighted by atomic mass is 79.9. The predicted octanol–water partition coefficient (Wildman–Crippen LogP) is 5.51. The summed E-state index contributed by atoms with van der Waals surface area (Å²) in [7, 11) is 0. The van der Waals surface area contributed by atoms with Crippen molar-refractivity contribution >= 4 is 45.3 Å². The molecule has 5 heteroatoms. The maximum atomic E-state index is 13.2. The zero-order valence-electron chi connectivity index (χ0n) is 15.0. The van der Waals surface area contributed by atoms with E-state index in [0.717, 1.165) is 15.7 Å². The van der Waals surface area contributed by atoms with Crippen LogP contribution in [0.25, 0.3) is 6.08 Å². The lowest BCUT2D eigenvalue weighted by molar-refractivity contribution is -0.114. The van der Waals surface area contributed by atoms with Crippen molar-refractivity contribution in [3.8, 4) is 0 Å². The molecule has 3 aromatic rings. The third-order valence-corrected chi connectivity index (χ3v) is 4.99. The smallest absolute Gasteiger partial charge is 0.289 e. The fraction of sp³-hybridized carbons (Fsp3) is 0.0435. The molecule has 4 nitrogen and oxygen atoms in total. The Kier molecular flexibility index (Phi) is 5.08. The van der Waals surface area contributed by atoms with E-state index in [9.17, 15) is 9.59 Å². The van der Waals surface area contributed by atoms with Gasteiger partial charge in [-0.15, -0.1) is 0 Å². The molecular weight excluding hydrogens is 416 g/mol. The van der Waals surface area contributed by atoms with E-state index in [1.165, 1.54) is 4.90 Å². The summed E-state index contributed by atoms with van der Waals surface area (Å²) in [5.41, 5.74) is 2.75. The van der Waals surface area contributed by atoms with Gasteiger partial charge in [0.2, 0.25) is 0 Å². The van der Waals surface area contributed by atoms with Crippen LogP contribution in [0.1, 0.15) is 5.56 Å². The summed E-state index contributed by atoms with van der Waals surface area (Å²) >= 11 is 3.46. The molecular formula is C23H17BrN2O2. The Morgan fingerprint density at radius 3 is 2.07 bits per heavy atom. The minimum Gasteiger partial charge on any atom is -0.289 e. The van der Waals surface area contributed by atoms with Crippen molar-refractivity contribution in [2.24, 2.45) is 0 Å². The quantitative estimate of drug-likeness (QED) is 0.512. The minimum atomic E-state index is -0.353. The summed E-state index contributed by atoms with van der Waals surface area (Å²) in [4.78, 5) is 29.2. The number of carbonyl (C=O) groups excluding carboxylic acids is 2. The monoisotopic (exact) mass is 432 g/mol. The summed E-state index contributed by atoms with van der Waals surface area (Å²) in [6, 6.07) is 25.8. The van der Waals surface area contributed by atoms with Crippen molar-refractivity contribution in [1.29, 1.82) is 0 Å². The molecule has 0 unspecified atom stereocenters. The van der Waals surface area contributed by atoms with Crippen LogP contribution in [0.5, 0.6) is 0 Å². The first kappa shape index (κ1) is 18.2. The molecule has 0 radical (unpaired) electrons. The van der Waals surface area contributed by atoms with Crippen molar-refractivity contribution in [3.63, 3.8) is 0 Å². The molecule has 3 amide bonds. The molecule has 0 N–H and O–H groups in total. The van der Waals surface area contributed by atoms with Gasteiger partial charge in [-0.2, -0.15) is 0 Å². The SMILES string of the molecule is O=C1/C(=C/c2cccc(Br)c2)CN(c2ccccc2)C(=O)N1c1ccccc1. The van der Waals surface area contributed by atoms with Gasteiger partial charge in [0.1, 0.15) is 0 Å². The van der Waals surface area contributed by atoms with Gasteiger partial charge in [-0.1, -0.05) is 64.5 Å². The van der Waals surface area contributed by atoms with E-state index in [4.69, 9.17) is 0 Å². The number of hydrogen-bond acceptors (Lipinski definition) is 2. The molecule has 1 fully saturated rings. The van der Waals surface area contributed by atoms with Crippen molar-refractivity contribution in [1.82, 2.24) is 0 Å². The third-order valence-electron chi connectivity index (χ3n) is 4.50. The number of carbonyl (C=O) groups is 2. The number of rotatable bonds is 3. The Hall–Kier alpha value is -3.18. The van der Waals surface area contributed by atoms with Crippen LogP contribution in [0.15, 0.2) is 95.0 Å². The first-order chi connectivity index (χ1) is 13.6. The van der Waals surface area contributed by atoms with Gasteiger partial charge < -0.3 is 0 Å². The maximum Gasteiger partial charge on any atom is 0.336 e. The number of halogens is 1. The van der Waals surface area contributed by atoms with Gasteiger partial charge in [-0.3, -0.25) is 9.69 Å². The van der Waals surface area contributed by atoms with Crippen LogP contribution in [-0.4, -0.2) is 18.5 Å². The number of hydrogen-bond donors (Lipinski definition) is 0. The molecule has 0 spiro atoms. The summed E-state index contributed by atoms with van der Waals surface area (Å²) in [5.74, 6) is -0.302. The van der Waals surface area contributed by atoms with Gasteiger partial charge in [0.05, 0.1) is 12.2 Å². The first-order valence-corrected chi connectivity index (χ1v) is 9.65. The van der Waals surface area contributed by atoms with E-state index in [2.05, 4.69) is 15.9 Å². The average molecular weight is 433 g/mol. The third kappa shape index (κ3) is 3.62. The molecule has 28 heavy (non-hydrogen) atoms. The number of para-hydroxylation sites is 2. The van der Waals surface area contributed by atoms with E-state index < -0.39 is 0 Å². The van der Waals surface area contributed by atoms with Crippen molar-refractivity contribution in [2.75, 3.05) is 16.3 Å². The topological polar surface area (TPSA) is 40.6 Å². The summed E-state index contributed by atoms with van der Waals surface area (Å²) in [6.45, 7) is 0.220. The lowest BCUT2D eigenvalue weighted by Gasteiger charge is -2.35. The van der Waals surface area contributed by atoms with Crippen molar-refractivity contribution < 1.29 is 9.59 Å². The lowest BCUT2D eigenvalue weighted by atomic mass is 10.1. The van der Waals surface area contributed by atoms with Crippen molar-refractivity contribution in [2.45, 2.75) is 0 Å². The van der Waals surface area contributed by atoms with Crippen molar-refractivity contribution in [3.05, 3.63) is 101 Å². The minimum absolute atomic E-state index is 0.220. The molecule has 0 aliphatic carbocycles. The van der Waals surface area contributed by atoms with Gasteiger partial charge in [0.25, 0.3) is 5.91 Å². The summed E-state index contributed by atoms with van der Waals surface area (Å²) < 4.78 is 0.931. The molecule has 1 aliphatic heterocycles. The highest BCUT2D eigenvalue weighted by molar-refractivity contribution is 9.10. The van der Waals surface area contributed by atoms with E-state index in [1.807, 2.05) is 78.9 Å². The molecule has 0 aromatic heterocycles. The van der Waals surface area contributed by atoms with Crippen LogP contribution in [0, 0.1) is 0 Å². The second-order valence-electron chi connectivity index (χ2n) is 6.40. The highest BCUT2D eigenvalue weighted by Crippen LogP contribution is 2.28. The number of amides is 3. The Labute approximate surface area is 171 Å². The summed E-state index contributed by atoms with van der Waals surface area (Å²) in [5, 5.41) is 0. The molecule has 0 saturated carbocycles. The number of imide groups is 1. The van der Waals surface area contributed by atoms with Crippen LogP contribution >= 0.6 is 15.9 Å². The first-order valence-electron chi connectivity index (χ1n) is 8.86. The van der Waals surface area contributed by atoms with Crippen LogP contribution in [0.3, 0.4) is 0 Å². The van der Waals surface area contributed by atoms with Gasteiger partial charge in [0.15, 0.2) is 0 Å². The van der Waals surface area contributed by atoms with Crippen LogP contribution in [0.4, 0.5) is 16.2 Å². The zero-order valence-corrected chi connectivity index (χ0v) is 16.5. The second-order valence-corrected chi connectivity index (χ2v) is 7.32. The molecule has 4 rings (SSSR count). The van der Waals surface area contributed by atoms with Gasteiger partial charge in [-0.25, -0.2) is 9.69 Å². The zero-order chi connectivity index (χ0) is 19.5. The largest absolute Gasteiger partial charge is 0.336 e. The number of benzene rings is 3. The van der Waals surface area contributed by atoms with E-state index in [-0.39, 0.29) is 18.5 Å². The molecule has 1 aliphatic rings. The lowest BCUT2D eigenvalue weighted by Crippen LogP contribution is -2.54. The molecule has 1 heterocycles. The number of nitrogens with zero attached hydrogens (tertiary/aromatic N) is 2. The standard InChI is InChI=1S/C23H17BrN2O2/c24-19-9-7-8-17(15-19)14-18-16-25(20-10-3-1-4-11-20)23(28)26(22(18)27)21-12-5-2-6-13-21/h1-15H,16H2/b18-14+. The molecule has 1 saturated heterocycles. The molecule has 0 atom stereocenters. The van der Waals surface area contributed by atoms with E-state index in [1.54, 1.807) is 17.0 Å². The average Bonchev–Trinajstić information content (AvgIpc) is 2.72. The van der Waals surface area contributed by atoms with Gasteiger partial charge in [-0.05, 0) is 48.0 Å². The number of anilines is 2. The molecule has 138 valence electrons. The highest BCUT2D eigenvalue weighted by Gasteiger charge is 2.37. The number of urea groups is 1. The van der Waals surface area contributed by atoms with Gasteiger partial charge >= 0.3 is 6.03 Å². The fourth-order valence-electron chi connectivity index (χ4n) is 3.18. The predicted molar refractivity (Wildman–Crippen MR) is 115 cm³/mol. The summed E-state index contributed by atoms with van der Waals surface area (Å²) in [6.07, 6.45) is 1.84. The van der Waals surface area contributed by atoms with Crippen LogP contribution in [-0.2, 0) is 4.79 Å². The van der Waals surface area contributed by atoms with E-state index >= 15 is 0 Å². The molecule has 0 bridgehead atoms. The molecule has 3 aromatic carbocycles. The van der Waals surface area contributed by atoms with E-state index in [0.29, 0.717) is 11.3 Å². The normalized spacial score (nSPS) is 16.0. The second kappa shape index (κ2) is 7.82. The Morgan fingerprint density at radius 2 is 1.43 bits per heavy atom. The van der Waals surface area contributed by atoms with Crippen LogP contribution in [0.2, 0.25) is 0 Å². The van der Waals surface area contributed by atoms with Crippen LogP contribution < -0.4 is 9.80 Å². The maximum absolute atomic E-state index is 13.2. The Morgan fingerprint density at radius 1 is 0.786 bits per heavy atom.